The lowest BCUT2D eigenvalue weighted by atomic mass is 9.93. The molecule has 0 spiro atoms. The first-order chi connectivity index (χ1) is 14.0. The van der Waals surface area contributed by atoms with Crippen LogP contribution >= 0.6 is 0 Å². The second kappa shape index (κ2) is 7.89. The fourth-order valence-electron chi connectivity index (χ4n) is 3.59. The fraction of sp³-hybridized carbons (Fsp3) is 0.333. The number of halogens is 3. The first-order valence-corrected chi connectivity index (χ1v) is 9.28. The molecule has 0 aliphatic carbocycles. The average Bonchev–Trinajstić information content (AvgIpc) is 2.65. The molecule has 0 aromatic heterocycles. The van der Waals surface area contributed by atoms with E-state index in [1.807, 2.05) is 6.92 Å². The number of hydrogen-bond donors (Lipinski definition) is 2. The third kappa shape index (κ3) is 4.34. The number of aromatic hydroxyl groups is 2. The second-order valence-electron chi connectivity index (χ2n) is 7.38. The van der Waals surface area contributed by atoms with Gasteiger partial charge in [-0.15, -0.1) is 0 Å². The highest BCUT2D eigenvalue weighted by molar-refractivity contribution is 6.09. The number of rotatable bonds is 3. The number of anilines is 1. The van der Waals surface area contributed by atoms with Gasteiger partial charge in [-0.2, -0.15) is 13.2 Å². The Hall–Kier alpha value is -3.23. The maximum absolute atomic E-state index is 13.1. The molecule has 0 saturated heterocycles. The monoisotopic (exact) mass is 422 g/mol. The fourth-order valence-corrected chi connectivity index (χ4v) is 3.59. The summed E-state index contributed by atoms with van der Waals surface area (Å²) >= 11 is 0. The topological polar surface area (TPSA) is 81.1 Å². The summed E-state index contributed by atoms with van der Waals surface area (Å²) in [7, 11) is 1.08. The number of aryl methyl sites for hydroxylation is 1. The van der Waals surface area contributed by atoms with Crippen molar-refractivity contribution < 1.29 is 33.0 Å². The maximum Gasteiger partial charge on any atom is 0.406 e. The molecule has 9 heteroatoms. The molecule has 0 radical (unpaired) electrons. The molecule has 3 rings (SSSR count). The predicted molar refractivity (Wildman–Crippen MR) is 104 cm³/mol. The molecule has 2 N–H and O–H groups in total. The van der Waals surface area contributed by atoms with Gasteiger partial charge in [-0.1, -0.05) is 0 Å². The lowest BCUT2D eigenvalue weighted by Gasteiger charge is -2.36. The maximum atomic E-state index is 13.1. The normalized spacial score (nSPS) is 16.2. The summed E-state index contributed by atoms with van der Waals surface area (Å²) in [5.41, 5.74) is 1.31. The first kappa shape index (κ1) is 21.5. The summed E-state index contributed by atoms with van der Waals surface area (Å²) in [5, 5.41) is 19.5. The van der Waals surface area contributed by atoms with Gasteiger partial charge in [-0.3, -0.25) is 9.59 Å². The van der Waals surface area contributed by atoms with Crippen molar-refractivity contribution in [3.8, 4) is 11.5 Å². The van der Waals surface area contributed by atoms with Crippen molar-refractivity contribution in [3.63, 3.8) is 0 Å². The van der Waals surface area contributed by atoms with Crippen molar-refractivity contribution in [2.75, 3.05) is 18.5 Å². The van der Waals surface area contributed by atoms with E-state index in [2.05, 4.69) is 0 Å². The molecule has 1 heterocycles. The molecule has 30 heavy (non-hydrogen) atoms. The number of phenolic OH excluding ortho intramolecular Hbond substituents is 2. The van der Waals surface area contributed by atoms with E-state index in [1.54, 1.807) is 0 Å². The number of amides is 2. The van der Waals surface area contributed by atoms with Crippen LogP contribution in [0.25, 0.3) is 0 Å². The summed E-state index contributed by atoms with van der Waals surface area (Å²) < 4.78 is 37.7. The smallest absolute Gasteiger partial charge is 0.406 e. The molecule has 0 saturated carbocycles. The first-order valence-electron chi connectivity index (χ1n) is 9.28. The third-order valence-electron chi connectivity index (χ3n) is 5.05. The highest BCUT2D eigenvalue weighted by Gasteiger charge is 2.33. The Bertz CT molecular complexity index is 991. The van der Waals surface area contributed by atoms with Crippen LogP contribution in [-0.2, 0) is 6.42 Å². The van der Waals surface area contributed by atoms with E-state index in [0.29, 0.717) is 29.0 Å². The van der Waals surface area contributed by atoms with Crippen molar-refractivity contribution in [1.29, 1.82) is 0 Å². The van der Waals surface area contributed by atoms with Gasteiger partial charge in [0.25, 0.3) is 11.8 Å². The van der Waals surface area contributed by atoms with Crippen molar-refractivity contribution in [2.45, 2.75) is 32.0 Å². The van der Waals surface area contributed by atoms with Crippen LogP contribution in [0.3, 0.4) is 0 Å². The number of phenols is 2. The largest absolute Gasteiger partial charge is 0.508 e. The summed E-state index contributed by atoms with van der Waals surface area (Å²) in [6, 6.07) is 7.91. The van der Waals surface area contributed by atoms with Crippen LogP contribution in [0, 0.1) is 0 Å². The zero-order valence-corrected chi connectivity index (χ0v) is 16.4. The SMILES string of the molecule is C[C@H]1CCc2cc(C(=O)N(C)CC(F)(F)F)ccc2N1C(=O)c1ccc(O)cc1O. The minimum absolute atomic E-state index is 0.0116. The van der Waals surface area contributed by atoms with Crippen LogP contribution < -0.4 is 4.90 Å². The summed E-state index contributed by atoms with van der Waals surface area (Å²) in [6.07, 6.45) is -3.37. The Labute approximate surface area is 171 Å². The zero-order chi connectivity index (χ0) is 22.2. The molecule has 1 aliphatic heterocycles. The van der Waals surface area contributed by atoms with Gasteiger partial charge in [0.1, 0.15) is 18.0 Å². The number of carbonyl (C=O) groups excluding carboxylic acids is 2. The van der Waals surface area contributed by atoms with Gasteiger partial charge in [-0.05, 0) is 55.7 Å². The molecule has 0 bridgehead atoms. The zero-order valence-electron chi connectivity index (χ0n) is 16.4. The van der Waals surface area contributed by atoms with E-state index in [0.717, 1.165) is 13.1 Å². The third-order valence-corrected chi connectivity index (χ3v) is 5.05. The van der Waals surface area contributed by atoms with Gasteiger partial charge in [0.15, 0.2) is 0 Å². The van der Waals surface area contributed by atoms with Gasteiger partial charge in [0.2, 0.25) is 0 Å². The van der Waals surface area contributed by atoms with Crippen molar-refractivity contribution >= 4 is 17.5 Å². The Balaban J connectivity index is 1.92. The Morgan fingerprint density at radius 3 is 2.50 bits per heavy atom. The van der Waals surface area contributed by atoms with Crippen LogP contribution in [0.2, 0.25) is 0 Å². The Morgan fingerprint density at radius 2 is 1.87 bits per heavy atom. The van der Waals surface area contributed by atoms with Crippen LogP contribution in [-0.4, -0.2) is 52.7 Å². The van der Waals surface area contributed by atoms with E-state index in [-0.39, 0.29) is 28.7 Å². The molecule has 1 aliphatic rings. The van der Waals surface area contributed by atoms with Crippen LogP contribution in [0.5, 0.6) is 11.5 Å². The highest BCUT2D eigenvalue weighted by atomic mass is 19.4. The average molecular weight is 422 g/mol. The second-order valence-corrected chi connectivity index (χ2v) is 7.38. The molecule has 160 valence electrons. The lowest BCUT2D eigenvalue weighted by Crippen LogP contribution is -2.42. The summed E-state index contributed by atoms with van der Waals surface area (Å²) in [4.78, 5) is 27.5. The van der Waals surface area contributed by atoms with Crippen molar-refractivity contribution in [2.24, 2.45) is 0 Å². The Kier molecular flexibility index (Phi) is 5.65. The van der Waals surface area contributed by atoms with E-state index >= 15 is 0 Å². The quantitative estimate of drug-likeness (QED) is 0.790. The number of nitrogens with zero attached hydrogens (tertiary/aromatic N) is 2. The van der Waals surface area contributed by atoms with Gasteiger partial charge in [-0.25, -0.2) is 0 Å². The molecule has 0 fully saturated rings. The van der Waals surface area contributed by atoms with Crippen LogP contribution in [0.1, 0.15) is 39.6 Å². The minimum Gasteiger partial charge on any atom is -0.508 e. The van der Waals surface area contributed by atoms with Crippen molar-refractivity contribution in [3.05, 3.63) is 53.1 Å². The molecule has 2 aromatic rings. The molecular weight excluding hydrogens is 401 g/mol. The van der Waals surface area contributed by atoms with Crippen LogP contribution in [0.4, 0.5) is 18.9 Å². The standard InChI is InChI=1S/C21H21F3N2O4/c1-12-3-4-13-9-14(19(29)25(2)11-21(22,23)24)5-8-17(13)26(12)20(30)16-7-6-15(27)10-18(16)28/h5-10,12,27-28H,3-4,11H2,1-2H3/t12-/m0/s1. The summed E-state index contributed by atoms with van der Waals surface area (Å²) in [6.45, 7) is 0.485. The number of carbonyl (C=O) groups is 2. The van der Waals surface area contributed by atoms with Crippen LogP contribution in [0.15, 0.2) is 36.4 Å². The highest BCUT2D eigenvalue weighted by Crippen LogP contribution is 2.35. The lowest BCUT2D eigenvalue weighted by molar-refractivity contribution is -0.138. The molecule has 2 amide bonds. The molecule has 1 atom stereocenters. The number of alkyl halides is 3. The van der Waals surface area contributed by atoms with E-state index in [4.69, 9.17) is 0 Å². The predicted octanol–water partition coefficient (Wildman–Crippen LogP) is 3.71. The van der Waals surface area contributed by atoms with Gasteiger partial charge in [0, 0.05) is 30.4 Å². The molecule has 0 unspecified atom stereocenters. The minimum atomic E-state index is -4.50. The molecular formula is C21H21F3N2O4. The van der Waals surface area contributed by atoms with E-state index in [9.17, 15) is 33.0 Å². The number of benzene rings is 2. The van der Waals surface area contributed by atoms with Gasteiger partial charge < -0.3 is 20.0 Å². The molecule has 2 aromatic carbocycles. The number of hydrogen-bond acceptors (Lipinski definition) is 4. The van der Waals surface area contributed by atoms with Gasteiger partial charge in [0.05, 0.1) is 5.56 Å². The summed E-state index contributed by atoms with van der Waals surface area (Å²) in [5.74, 6) is -1.78. The Morgan fingerprint density at radius 1 is 1.17 bits per heavy atom. The molecule has 6 nitrogen and oxygen atoms in total. The number of fused-ring (bicyclic) bond motifs is 1. The van der Waals surface area contributed by atoms with E-state index < -0.39 is 24.5 Å². The van der Waals surface area contributed by atoms with Gasteiger partial charge >= 0.3 is 6.18 Å². The van der Waals surface area contributed by atoms with E-state index in [1.165, 1.54) is 35.2 Å². The van der Waals surface area contributed by atoms with Crippen molar-refractivity contribution in [1.82, 2.24) is 4.90 Å².